The van der Waals surface area contributed by atoms with Crippen LogP contribution in [0.15, 0.2) is 18.5 Å². The van der Waals surface area contributed by atoms with E-state index >= 15 is 0 Å². The van der Waals surface area contributed by atoms with E-state index in [0.29, 0.717) is 11.5 Å². The molecule has 1 N–H and O–H groups in total. The number of benzene rings is 1. The van der Waals surface area contributed by atoms with Gasteiger partial charge in [-0.05, 0) is 19.0 Å². The predicted molar refractivity (Wildman–Crippen MR) is 82.3 cm³/mol. The number of methoxy groups -OCH3 is 2. The van der Waals surface area contributed by atoms with Gasteiger partial charge in [-0.2, -0.15) is 0 Å². The molecule has 1 aliphatic rings. The minimum atomic E-state index is 0.687. The number of fused-ring (bicyclic) bond motifs is 1. The van der Waals surface area contributed by atoms with Crippen molar-refractivity contribution in [3.63, 3.8) is 0 Å². The molecule has 1 saturated heterocycles. The second kappa shape index (κ2) is 6.13. The lowest BCUT2D eigenvalue weighted by Crippen LogP contribution is -2.28. The van der Waals surface area contributed by atoms with Gasteiger partial charge in [0.15, 0.2) is 11.5 Å². The summed E-state index contributed by atoms with van der Waals surface area (Å²) in [7, 11) is 3.27. The summed E-state index contributed by atoms with van der Waals surface area (Å²) in [6, 6.07) is 3.86. The van der Waals surface area contributed by atoms with Crippen LogP contribution in [-0.2, 0) is 0 Å². The van der Waals surface area contributed by atoms with E-state index < -0.39 is 0 Å². The van der Waals surface area contributed by atoms with Gasteiger partial charge in [0.25, 0.3) is 0 Å². The van der Waals surface area contributed by atoms with Crippen molar-refractivity contribution in [3.05, 3.63) is 18.5 Å². The Hall–Kier alpha value is -2.08. The fourth-order valence-corrected chi connectivity index (χ4v) is 2.68. The Bertz CT molecular complexity index is 624. The van der Waals surface area contributed by atoms with E-state index in [-0.39, 0.29) is 0 Å². The van der Waals surface area contributed by atoms with Crippen molar-refractivity contribution in [1.82, 2.24) is 15.3 Å². The molecule has 2 heterocycles. The Kier molecular flexibility index (Phi) is 4.06. The first-order valence-electron chi connectivity index (χ1n) is 7.16. The zero-order valence-electron chi connectivity index (χ0n) is 12.4. The quantitative estimate of drug-likeness (QED) is 0.922. The van der Waals surface area contributed by atoms with Crippen molar-refractivity contribution in [2.45, 2.75) is 6.42 Å². The smallest absolute Gasteiger partial charge is 0.162 e. The molecule has 6 heteroatoms. The Morgan fingerprint density at radius 1 is 1.05 bits per heavy atom. The molecule has 0 aliphatic carbocycles. The number of ether oxygens (including phenoxy) is 2. The highest BCUT2D eigenvalue weighted by Gasteiger charge is 2.16. The van der Waals surface area contributed by atoms with E-state index in [1.165, 1.54) is 0 Å². The van der Waals surface area contributed by atoms with Crippen LogP contribution in [0.25, 0.3) is 10.9 Å². The molecule has 6 nitrogen and oxygen atoms in total. The molecule has 1 aromatic heterocycles. The number of hydrogen-bond acceptors (Lipinski definition) is 6. The number of hydrogen-bond donors (Lipinski definition) is 1. The molecule has 0 saturated carbocycles. The van der Waals surface area contributed by atoms with Crippen LogP contribution in [0.5, 0.6) is 11.5 Å². The van der Waals surface area contributed by atoms with Crippen LogP contribution < -0.4 is 19.7 Å². The maximum atomic E-state index is 5.40. The number of nitrogens with one attached hydrogen (secondary N) is 1. The lowest BCUT2D eigenvalue weighted by Gasteiger charge is -2.22. The van der Waals surface area contributed by atoms with Gasteiger partial charge in [0.1, 0.15) is 12.1 Å². The van der Waals surface area contributed by atoms with Crippen molar-refractivity contribution < 1.29 is 9.47 Å². The minimum absolute atomic E-state index is 0.687. The highest BCUT2D eigenvalue weighted by atomic mass is 16.5. The van der Waals surface area contributed by atoms with Gasteiger partial charge in [-0.1, -0.05) is 0 Å². The van der Waals surface area contributed by atoms with E-state index in [9.17, 15) is 0 Å². The second-order valence-corrected chi connectivity index (χ2v) is 5.01. The molecule has 112 valence electrons. The molecule has 0 amide bonds. The zero-order chi connectivity index (χ0) is 14.7. The average Bonchev–Trinajstić information content (AvgIpc) is 2.82. The molecule has 2 aromatic rings. The normalized spacial score (nSPS) is 15.8. The van der Waals surface area contributed by atoms with Crippen LogP contribution in [0.1, 0.15) is 6.42 Å². The number of aromatic nitrogens is 2. The monoisotopic (exact) mass is 288 g/mol. The van der Waals surface area contributed by atoms with Crippen LogP contribution >= 0.6 is 0 Å². The molecule has 0 radical (unpaired) electrons. The number of anilines is 1. The minimum Gasteiger partial charge on any atom is -0.493 e. The third kappa shape index (κ3) is 2.71. The van der Waals surface area contributed by atoms with E-state index in [2.05, 4.69) is 20.2 Å². The first kappa shape index (κ1) is 13.9. The molecule has 0 spiro atoms. The van der Waals surface area contributed by atoms with Crippen molar-refractivity contribution in [2.24, 2.45) is 0 Å². The van der Waals surface area contributed by atoms with Crippen LogP contribution in [-0.4, -0.2) is 50.4 Å². The van der Waals surface area contributed by atoms with Crippen molar-refractivity contribution in [1.29, 1.82) is 0 Å². The van der Waals surface area contributed by atoms with Crippen LogP contribution in [0.3, 0.4) is 0 Å². The summed E-state index contributed by atoms with van der Waals surface area (Å²) in [5, 5.41) is 4.40. The predicted octanol–water partition coefficient (Wildman–Crippen LogP) is 1.45. The van der Waals surface area contributed by atoms with Gasteiger partial charge in [-0.15, -0.1) is 0 Å². The maximum Gasteiger partial charge on any atom is 0.162 e. The summed E-state index contributed by atoms with van der Waals surface area (Å²) < 4.78 is 10.7. The summed E-state index contributed by atoms with van der Waals surface area (Å²) in [5.74, 6) is 2.35. The third-order valence-electron chi connectivity index (χ3n) is 3.76. The summed E-state index contributed by atoms with van der Waals surface area (Å²) in [6.07, 6.45) is 2.72. The van der Waals surface area contributed by atoms with Gasteiger partial charge in [0.05, 0.1) is 19.7 Å². The molecule has 1 aromatic carbocycles. The molecule has 3 rings (SSSR count). The third-order valence-corrected chi connectivity index (χ3v) is 3.76. The molecule has 0 unspecified atom stereocenters. The lowest BCUT2D eigenvalue weighted by atomic mass is 10.2. The molecule has 1 fully saturated rings. The first-order chi connectivity index (χ1) is 10.3. The molecule has 0 bridgehead atoms. The van der Waals surface area contributed by atoms with Gasteiger partial charge >= 0.3 is 0 Å². The Labute approximate surface area is 124 Å². The van der Waals surface area contributed by atoms with E-state index in [0.717, 1.165) is 49.3 Å². The highest BCUT2D eigenvalue weighted by molar-refractivity contribution is 5.92. The van der Waals surface area contributed by atoms with E-state index in [1.807, 2.05) is 12.1 Å². The van der Waals surface area contributed by atoms with Gasteiger partial charge in [-0.3, -0.25) is 0 Å². The fourth-order valence-electron chi connectivity index (χ4n) is 2.68. The van der Waals surface area contributed by atoms with Crippen molar-refractivity contribution in [2.75, 3.05) is 45.3 Å². The molecule has 21 heavy (non-hydrogen) atoms. The molecule has 1 aliphatic heterocycles. The summed E-state index contributed by atoms with van der Waals surface area (Å²) in [4.78, 5) is 11.2. The Morgan fingerprint density at radius 2 is 1.86 bits per heavy atom. The van der Waals surface area contributed by atoms with Gasteiger partial charge in [0, 0.05) is 31.1 Å². The molecular formula is C15H20N4O2. The standard InChI is InChI=1S/C15H20N4O2/c1-20-13-8-11-12(9-14(13)21-2)17-10-18-15(11)19-6-3-4-16-5-7-19/h8-10,16H,3-7H2,1-2H3. The highest BCUT2D eigenvalue weighted by Crippen LogP contribution is 2.34. The largest absolute Gasteiger partial charge is 0.493 e. The molecule has 0 atom stereocenters. The maximum absolute atomic E-state index is 5.40. The summed E-state index contributed by atoms with van der Waals surface area (Å²) in [5.41, 5.74) is 0.870. The Morgan fingerprint density at radius 3 is 2.67 bits per heavy atom. The number of rotatable bonds is 3. The van der Waals surface area contributed by atoms with Gasteiger partial charge < -0.3 is 19.7 Å². The first-order valence-corrected chi connectivity index (χ1v) is 7.16. The van der Waals surface area contributed by atoms with Crippen molar-refractivity contribution in [3.8, 4) is 11.5 Å². The van der Waals surface area contributed by atoms with Crippen LogP contribution in [0.4, 0.5) is 5.82 Å². The summed E-state index contributed by atoms with van der Waals surface area (Å²) in [6.45, 7) is 3.96. The van der Waals surface area contributed by atoms with Gasteiger partial charge in [0.2, 0.25) is 0 Å². The van der Waals surface area contributed by atoms with Crippen molar-refractivity contribution >= 4 is 16.7 Å². The Balaban J connectivity index is 2.09. The average molecular weight is 288 g/mol. The fraction of sp³-hybridized carbons (Fsp3) is 0.467. The van der Waals surface area contributed by atoms with Crippen LogP contribution in [0, 0.1) is 0 Å². The van der Waals surface area contributed by atoms with Crippen LogP contribution in [0.2, 0.25) is 0 Å². The van der Waals surface area contributed by atoms with E-state index in [4.69, 9.17) is 9.47 Å². The van der Waals surface area contributed by atoms with E-state index in [1.54, 1.807) is 20.5 Å². The topological polar surface area (TPSA) is 59.5 Å². The SMILES string of the molecule is COc1cc2ncnc(N3CCCNCC3)c2cc1OC. The van der Waals surface area contributed by atoms with Gasteiger partial charge in [-0.25, -0.2) is 9.97 Å². The number of nitrogens with zero attached hydrogens (tertiary/aromatic N) is 3. The lowest BCUT2D eigenvalue weighted by molar-refractivity contribution is 0.356. The summed E-state index contributed by atoms with van der Waals surface area (Å²) >= 11 is 0. The zero-order valence-corrected chi connectivity index (χ0v) is 12.4. The molecular weight excluding hydrogens is 268 g/mol. The second-order valence-electron chi connectivity index (χ2n) is 5.01.